The number of amides is 2. The second-order valence-electron chi connectivity index (χ2n) is 9.66. The number of benzene rings is 2. The Morgan fingerprint density at radius 2 is 2.08 bits per heavy atom. The molecule has 2 aromatic carbocycles. The largest absolute Gasteiger partial charge is 0.469 e. The fourth-order valence-corrected chi connectivity index (χ4v) is 6.38. The quantitative estimate of drug-likeness (QED) is 0.468. The fourth-order valence-electron chi connectivity index (χ4n) is 5.12. The van der Waals surface area contributed by atoms with Crippen molar-refractivity contribution in [2.75, 3.05) is 26.0 Å². The van der Waals surface area contributed by atoms with E-state index in [9.17, 15) is 14.4 Å². The summed E-state index contributed by atoms with van der Waals surface area (Å²) >= 11 is 1.78. The van der Waals surface area contributed by atoms with E-state index in [1.54, 1.807) is 27.8 Å². The van der Waals surface area contributed by atoms with Gasteiger partial charge >= 0.3 is 5.97 Å². The molecule has 1 saturated heterocycles. The van der Waals surface area contributed by atoms with Crippen molar-refractivity contribution in [3.63, 3.8) is 0 Å². The van der Waals surface area contributed by atoms with E-state index >= 15 is 0 Å². The predicted octanol–water partition coefficient (Wildman–Crippen LogP) is 3.73. The van der Waals surface area contributed by atoms with Gasteiger partial charge in [0.1, 0.15) is 5.54 Å². The maximum Gasteiger partial charge on any atom is 0.307 e. The van der Waals surface area contributed by atoms with Gasteiger partial charge in [-0.05, 0) is 36.6 Å². The summed E-state index contributed by atoms with van der Waals surface area (Å²) in [6.07, 6.45) is 2.83. The van der Waals surface area contributed by atoms with E-state index in [0.717, 1.165) is 22.2 Å². The van der Waals surface area contributed by atoms with Gasteiger partial charge in [0, 0.05) is 48.0 Å². The third-order valence-corrected chi connectivity index (χ3v) is 8.63. The van der Waals surface area contributed by atoms with E-state index < -0.39 is 5.54 Å². The van der Waals surface area contributed by atoms with Crippen LogP contribution in [0.1, 0.15) is 43.2 Å². The molecule has 0 radical (unpaired) electrons. The number of esters is 1. The molecule has 2 aliphatic rings. The lowest BCUT2D eigenvalue weighted by molar-refractivity contribution is -0.165. The van der Waals surface area contributed by atoms with Crippen LogP contribution >= 0.6 is 11.8 Å². The molecule has 3 aromatic rings. The van der Waals surface area contributed by atoms with Gasteiger partial charge in [0.15, 0.2) is 0 Å². The number of nitrogens with one attached hydrogen (secondary N) is 1. The number of carbonyl (C=O) groups is 3. The summed E-state index contributed by atoms with van der Waals surface area (Å²) in [6.45, 7) is 2.96. The molecule has 188 valence electrons. The Labute approximate surface area is 214 Å². The molecule has 0 saturated carbocycles. The normalized spacial score (nSPS) is 20.6. The van der Waals surface area contributed by atoms with Gasteiger partial charge in [0.2, 0.25) is 11.8 Å². The first-order chi connectivity index (χ1) is 17.4. The van der Waals surface area contributed by atoms with E-state index in [0.29, 0.717) is 25.9 Å². The van der Waals surface area contributed by atoms with Gasteiger partial charge < -0.3 is 14.5 Å². The van der Waals surface area contributed by atoms with Crippen LogP contribution in [0.15, 0.2) is 53.6 Å². The summed E-state index contributed by atoms with van der Waals surface area (Å²) in [4.78, 5) is 43.8. The van der Waals surface area contributed by atoms with Gasteiger partial charge in [-0.2, -0.15) is 5.10 Å². The molecule has 2 atom stereocenters. The van der Waals surface area contributed by atoms with Gasteiger partial charge in [-0.1, -0.05) is 30.3 Å². The van der Waals surface area contributed by atoms with Crippen molar-refractivity contribution < 1.29 is 19.1 Å². The van der Waals surface area contributed by atoms with Gasteiger partial charge in [-0.15, -0.1) is 11.8 Å². The molecular formula is C27H30N4O4S. The van der Waals surface area contributed by atoms with Crippen LogP contribution in [0.25, 0.3) is 10.9 Å². The number of hydrogen-bond donors (Lipinski definition) is 1. The third-order valence-electron chi connectivity index (χ3n) is 7.38. The highest BCUT2D eigenvalue weighted by atomic mass is 32.2. The monoisotopic (exact) mass is 506 g/mol. The molecule has 0 bridgehead atoms. The smallest absolute Gasteiger partial charge is 0.307 e. The number of aromatic nitrogens is 2. The Morgan fingerprint density at radius 1 is 1.25 bits per heavy atom. The SMILES string of the molecule is COC(=O)CCN(Cc1ccc2cn[nH]c2c1)C(=O)C1(C)CCN1C(=O)CC1CSc2ccccc21. The molecule has 1 N–H and O–H groups in total. The second kappa shape index (κ2) is 9.97. The topological polar surface area (TPSA) is 95.6 Å². The van der Waals surface area contributed by atoms with E-state index in [1.165, 1.54) is 17.6 Å². The van der Waals surface area contributed by atoms with Gasteiger partial charge in [-0.25, -0.2) is 0 Å². The highest BCUT2D eigenvalue weighted by molar-refractivity contribution is 7.99. The average Bonchev–Trinajstić information content (AvgIpc) is 3.51. The van der Waals surface area contributed by atoms with Crippen LogP contribution in [0.3, 0.4) is 0 Å². The van der Waals surface area contributed by atoms with Crippen molar-refractivity contribution in [2.24, 2.45) is 0 Å². The number of methoxy groups -OCH3 is 1. The van der Waals surface area contributed by atoms with Crippen LogP contribution < -0.4 is 0 Å². The predicted molar refractivity (Wildman–Crippen MR) is 137 cm³/mol. The number of fused-ring (bicyclic) bond motifs is 2. The van der Waals surface area contributed by atoms with Gasteiger partial charge in [-0.3, -0.25) is 19.5 Å². The Kier molecular flexibility index (Phi) is 6.75. The van der Waals surface area contributed by atoms with Crippen molar-refractivity contribution in [3.8, 4) is 0 Å². The Morgan fingerprint density at radius 3 is 2.86 bits per heavy atom. The number of nitrogens with zero attached hydrogens (tertiary/aromatic N) is 3. The standard InChI is InChI=1S/C27H30N4O4S/c1-27(10-12-31(27)24(32)14-20-17-36-23-6-4-3-5-21(20)23)26(34)30(11-9-25(33)35-2)16-18-7-8-19-15-28-29-22(19)13-18/h3-8,13,15,20H,9-12,14,16-17H2,1-2H3,(H,28,29). The first kappa shape index (κ1) is 24.4. The lowest BCUT2D eigenvalue weighted by atomic mass is 9.83. The van der Waals surface area contributed by atoms with Gasteiger partial charge in [0.05, 0.1) is 25.2 Å². The van der Waals surface area contributed by atoms with Crippen molar-refractivity contribution in [1.29, 1.82) is 0 Å². The van der Waals surface area contributed by atoms with Crippen LogP contribution in [-0.2, 0) is 25.7 Å². The minimum Gasteiger partial charge on any atom is -0.469 e. The Hall–Kier alpha value is -3.33. The maximum absolute atomic E-state index is 13.9. The zero-order valence-corrected chi connectivity index (χ0v) is 21.3. The number of carbonyl (C=O) groups excluding carboxylic acids is 3. The number of ether oxygens (including phenoxy) is 1. The minimum absolute atomic E-state index is 0.00574. The molecule has 0 spiro atoms. The molecule has 1 aromatic heterocycles. The van der Waals surface area contributed by atoms with Crippen LogP contribution in [0.2, 0.25) is 0 Å². The molecule has 2 aliphatic heterocycles. The number of rotatable bonds is 8. The third kappa shape index (κ3) is 4.59. The maximum atomic E-state index is 13.9. The van der Waals surface area contributed by atoms with E-state index in [4.69, 9.17) is 4.74 Å². The fraction of sp³-hybridized carbons (Fsp3) is 0.407. The number of aromatic amines is 1. The van der Waals surface area contributed by atoms with Crippen molar-refractivity contribution >= 4 is 40.4 Å². The van der Waals surface area contributed by atoms with Crippen LogP contribution in [0.4, 0.5) is 0 Å². The second-order valence-corrected chi connectivity index (χ2v) is 10.7. The number of hydrogen-bond acceptors (Lipinski definition) is 6. The lowest BCUT2D eigenvalue weighted by Gasteiger charge is -2.51. The van der Waals surface area contributed by atoms with E-state index in [2.05, 4.69) is 22.3 Å². The van der Waals surface area contributed by atoms with E-state index in [1.807, 2.05) is 37.3 Å². The molecular weight excluding hydrogens is 476 g/mol. The highest BCUT2D eigenvalue weighted by Crippen LogP contribution is 2.42. The number of H-pyrrole nitrogens is 1. The molecule has 5 rings (SSSR count). The van der Waals surface area contributed by atoms with Gasteiger partial charge in [0.25, 0.3) is 0 Å². The molecule has 2 unspecified atom stereocenters. The first-order valence-corrected chi connectivity index (χ1v) is 13.2. The molecule has 2 amide bonds. The number of likely N-dealkylation sites (tertiary alicyclic amines) is 1. The van der Waals surface area contributed by atoms with Crippen LogP contribution in [0.5, 0.6) is 0 Å². The molecule has 8 nitrogen and oxygen atoms in total. The highest BCUT2D eigenvalue weighted by Gasteiger charge is 2.51. The average molecular weight is 507 g/mol. The minimum atomic E-state index is -0.920. The zero-order valence-electron chi connectivity index (χ0n) is 20.5. The van der Waals surface area contributed by atoms with Crippen molar-refractivity contribution in [1.82, 2.24) is 20.0 Å². The van der Waals surface area contributed by atoms with Crippen molar-refractivity contribution in [3.05, 3.63) is 59.8 Å². The van der Waals surface area contributed by atoms with Crippen LogP contribution in [-0.4, -0.2) is 69.3 Å². The summed E-state index contributed by atoms with van der Waals surface area (Å²) in [5.74, 6) is 0.532. The molecule has 36 heavy (non-hydrogen) atoms. The summed E-state index contributed by atoms with van der Waals surface area (Å²) in [7, 11) is 1.34. The van der Waals surface area contributed by atoms with Crippen LogP contribution in [0, 0.1) is 0 Å². The molecule has 1 fully saturated rings. The lowest BCUT2D eigenvalue weighted by Crippen LogP contribution is -2.68. The Bertz CT molecular complexity index is 1310. The first-order valence-electron chi connectivity index (χ1n) is 12.2. The molecule has 9 heteroatoms. The van der Waals surface area contributed by atoms with E-state index in [-0.39, 0.29) is 36.7 Å². The van der Waals surface area contributed by atoms with Crippen molar-refractivity contribution in [2.45, 2.75) is 49.1 Å². The summed E-state index contributed by atoms with van der Waals surface area (Å²) in [6, 6.07) is 14.1. The summed E-state index contributed by atoms with van der Waals surface area (Å²) < 4.78 is 4.81. The molecule has 0 aliphatic carbocycles. The molecule has 3 heterocycles. The summed E-state index contributed by atoms with van der Waals surface area (Å²) in [5.41, 5.74) is 2.11. The number of thioether (sulfide) groups is 1. The Balaban J connectivity index is 1.32. The summed E-state index contributed by atoms with van der Waals surface area (Å²) in [5, 5.41) is 8.00. The zero-order chi connectivity index (χ0) is 25.3.